The fourth-order valence-electron chi connectivity index (χ4n) is 3.21. The highest BCUT2D eigenvalue weighted by Crippen LogP contribution is 2.27. The quantitative estimate of drug-likeness (QED) is 0.414. The predicted octanol–water partition coefficient (Wildman–Crippen LogP) is 6.27. The Hall–Kier alpha value is -3.60. The molecule has 4 rings (SSSR count). The van der Waals surface area contributed by atoms with Gasteiger partial charge in [0.25, 0.3) is 5.91 Å². The molecular formula is C25H24N2O3. The predicted molar refractivity (Wildman–Crippen MR) is 119 cm³/mol. The van der Waals surface area contributed by atoms with Gasteiger partial charge in [0.15, 0.2) is 5.58 Å². The molecule has 0 spiro atoms. The molecule has 0 bridgehead atoms. The fourth-order valence-corrected chi connectivity index (χ4v) is 3.21. The first-order chi connectivity index (χ1) is 14.5. The maximum Gasteiger partial charge on any atom is 0.255 e. The van der Waals surface area contributed by atoms with Crippen molar-refractivity contribution in [3.63, 3.8) is 0 Å². The molecule has 0 fully saturated rings. The number of fused-ring (bicyclic) bond motifs is 1. The van der Waals surface area contributed by atoms with E-state index in [1.54, 1.807) is 24.3 Å². The molecular weight excluding hydrogens is 376 g/mol. The van der Waals surface area contributed by atoms with Crippen LogP contribution in [-0.2, 0) is 0 Å². The number of nitrogens with one attached hydrogen (secondary N) is 1. The van der Waals surface area contributed by atoms with Gasteiger partial charge in [-0.05, 0) is 73.0 Å². The van der Waals surface area contributed by atoms with Gasteiger partial charge in [0, 0.05) is 16.8 Å². The van der Waals surface area contributed by atoms with Crippen molar-refractivity contribution in [3.05, 3.63) is 77.9 Å². The van der Waals surface area contributed by atoms with Crippen LogP contribution in [-0.4, -0.2) is 17.5 Å². The van der Waals surface area contributed by atoms with Crippen LogP contribution in [0.3, 0.4) is 0 Å². The highest BCUT2D eigenvalue weighted by molar-refractivity contribution is 6.05. The molecule has 0 saturated carbocycles. The number of nitrogens with zero attached hydrogens (tertiary/aromatic N) is 1. The summed E-state index contributed by atoms with van der Waals surface area (Å²) in [6.45, 7) is 6.84. The van der Waals surface area contributed by atoms with Crippen molar-refractivity contribution in [1.29, 1.82) is 0 Å². The SMILES string of the molecule is CCOc1ccc(C(=O)Nc2ccc3oc(-c4ccc(C(C)C)cc4)nc3c2)cc1. The molecule has 0 saturated heterocycles. The van der Waals surface area contributed by atoms with Crippen LogP contribution in [0.4, 0.5) is 5.69 Å². The largest absolute Gasteiger partial charge is 0.494 e. The van der Waals surface area contributed by atoms with E-state index in [4.69, 9.17) is 9.15 Å². The number of carbonyl (C=O) groups excluding carboxylic acids is 1. The van der Waals surface area contributed by atoms with Gasteiger partial charge in [-0.2, -0.15) is 0 Å². The molecule has 5 heteroatoms. The minimum Gasteiger partial charge on any atom is -0.494 e. The Labute approximate surface area is 175 Å². The van der Waals surface area contributed by atoms with Gasteiger partial charge in [0.2, 0.25) is 5.89 Å². The number of hydrogen-bond donors (Lipinski definition) is 1. The van der Waals surface area contributed by atoms with Crippen LogP contribution >= 0.6 is 0 Å². The van der Waals surface area contributed by atoms with Gasteiger partial charge in [-0.15, -0.1) is 0 Å². The van der Waals surface area contributed by atoms with Gasteiger partial charge >= 0.3 is 0 Å². The highest BCUT2D eigenvalue weighted by Gasteiger charge is 2.11. The molecule has 30 heavy (non-hydrogen) atoms. The summed E-state index contributed by atoms with van der Waals surface area (Å²) in [5.74, 6) is 1.59. The monoisotopic (exact) mass is 400 g/mol. The molecule has 0 unspecified atom stereocenters. The Morgan fingerprint density at radius 1 is 1.03 bits per heavy atom. The number of oxazole rings is 1. The lowest BCUT2D eigenvalue weighted by Gasteiger charge is -2.06. The smallest absolute Gasteiger partial charge is 0.255 e. The van der Waals surface area contributed by atoms with Crippen LogP contribution in [0.5, 0.6) is 5.75 Å². The van der Waals surface area contributed by atoms with Crippen molar-refractivity contribution in [2.75, 3.05) is 11.9 Å². The lowest BCUT2D eigenvalue weighted by molar-refractivity contribution is 0.102. The van der Waals surface area contributed by atoms with Crippen LogP contribution < -0.4 is 10.1 Å². The summed E-state index contributed by atoms with van der Waals surface area (Å²) in [4.78, 5) is 17.1. The zero-order valence-electron chi connectivity index (χ0n) is 17.3. The third-order valence-corrected chi connectivity index (χ3v) is 4.90. The van der Waals surface area contributed by atoms with E-state index in [9.17, 15) is 4.79 Å². The molecule has 1 N–H and O–H groups in total. The molecule has 1 heterocycles. The first kappa shape index (κ1) is 19.7. The van der Waals surface area contributed by atoms with Gasteiger partial charge in [-0.3, -0.25) is 4.79 Å². The highest BCUT2D eigenvalue weighted by atomic mass is 16.5. The Morgan fingerprint density at radius 3 is 2.43 bits per heavy atom. The zero-order chi connectivity index (χ0) is 21.1. The number of carbonyl (C=O) groups is 1. The average Bonchev–Trinajstić information content (AvgIpc) is 3.18. The van der Waals surface area contributed by atoms with Crippen molar-refractivity contribution in [3.8, 4) is 17.2 Å². The Kier molecular flexibility index (Phi) is 5.53. The van der Waals surface area contributed by atoms with Crippen molar-refractivity contribution in [2.24, 2.45) is 0 Å². The summed E-state index contributed by atoms with van der Waals surface area (Å²) in [5.41, 5.74) is 4.80. The van der Waals surface area contributed by atoms with Crippen LogP contribution in [0.15, 0.2) is 71.1 Å². The van der Waals surface area contributed by atoms with Crippen LogP contribution in [0.25, 0.3) is 22.6 Å². The van der Waals surface area contributed by atoms with E-state index < -0.39 is 0 Å². The van der Waals surface area contributed by atoms with E-state index in [1.165, 1.54) is 5.56 Å². The maximum absolute atomic E-state index is 12.5. The average molecular weight is 400 g/mol. The Balaban J connectivity index is 1.52. The van der Waals surface area contributed by atoms with E-state index in [2.05, 4.69) is 36.3 Å². The van der Waals surface area contributed by atoms with E-state index in [1.807, 2.05) is 37.3 Å². The molecule has 4 aromatic rings. The third kappa shape index (κ3) is 4.20. The number of ether oxygens (including phenoxy) is 1. The van der Waals surface area contributed by atoms with Gasteiger partial charge < -0.3 is 14.5 Å². The van der Waals surface area contributed by atoms with E-state index in [-0.39, 0.29) is 5.91 Å². The third-order valence-electron chi connectivity index (χ3n) is 4.90. The molecule has 0 atom stereocenters. The Bertz CT molecular complexity index is 1160. The topological polar surface area (TPSA) is 64.4 Å². The van der Waals surface area contributed by atoms with Crippen LogP contribution in [0.2, 0.25) is 0 Å². The van der Waals surface area contributed by atoms with Crippen molar-refractivity contribution < 1.29 is 13.9 Å². The van der Waals surface area contributed by atoms with Gasteiger partial charge in [-0.25, -0.2) is 4.98 Å². The second-order valence-electron chi connectivity index (χ2n) is 7.39. The van der Waals surface area contributed by atoms with E-state index in [0.29, 0.717) is 40.8 Å². The molecule has 152 valence electrons. The van der Waals surface area contributed by atoms with E-state index >= 15 is 0 Å². The van der Waals surface area contributed by atoms with Crippen LogP contribution in [0, 0.1) is 0 Å². The number of rotatable bonds is 6. The summed E-state index contributed by atoms with van der Waals surface area (Å²) in [6, 6.07) is 20.7. The first-order valence-corrected chi connectivity index (χ1v) is 10.1. The minimum atomic E-state index is -0.189. The fraction of sp³-hybridized carbons (Fsp3) is 0.200. The summed E-state index contributed by atoms with van der Waals surface area (Å²) >= 11 is 0. The number of amides is 1. The zero-order valence-corrected chi connectivity index (χ0v) is 17.3. The standard InChI is InChI=1S/C25H24N2O3/c1-4-29-21-12-9-18(10-13-21)24(28)26-20-11-14-23-22(15-20)27-25(30-23)19-7-5-17(6-8-19)16(2)3/h5-16H,4H2,1-3H3,(H,26,28). The summed E-state index contributed by atoms with van der Waals surface area (Å²) < 4.78 is 11.3. The van der Waals surface area contributed by atoms with Crippen molar-refractivity contribution >= 4 is 22.7 Å². The van der Waals surface area contributed by atoms with Crippen molar-refractivity contribution in [1.82, 2.24) is 4.98 Å². The number of anilines is 1. The maximum atomic E-state index is 12.5. The second-order valence-corrected chi connectivity index (χ2v) is 7.39. The van der Waals surface area contributed by atoms with E-state index in [0.717, 1.165) is 11.3 Å². The summed E-state index contributed by atoms with van der Waals surface area (Å²) in [5, 5.41) is 2.91. The molecule has 0 aliphatic carbocycles. The minimum absolute atomic E-state index is 0.189. The van der Waals surface area contributed by atoms with Gasteiger partial charge in [0.1, 0.15) is 11.3 Å². The van der Waals surface area contributed by atoms with Crippen molar-refractivity contribution in [2.45, 2.75) is 26.7 Å². The summed E-state index contributed by atoms with van der Waals surface area (Å²) in [7, 11) is 0. The number of hydrogen-bond acceptors (Lipinski definition) is 4. The second kappa shape index (κ2) is 8.41. The molecule has 3 aromatic carbocycles. The molecule has 1 amide bonds. The lowest BCUT2D eigenvalue weighted by atomic mass is 10.0. The van der Waals surface area contributed by atoms with Gasteiger partial charge in [-0.1, -0.05) is 26.0 Å². The number of benzene rings is 3. The first-order valence-electron chi connectivity index (χ1n) is 10.1. The molecule has 0 aliphatic heterocycles. The van der Waals surface area contributed by atoms with Gasteiger partial charge in [0.05, 0.1) is 6.61 Å². The molecule has 0 aliphatic rings. The molecule has 1 aromatic heterocycles. The normalized spacial score (nSPS) is 11.1. The molecule has 0 radical (unpaired) electrons. The lowest BCUT2D eigenvalue weighted by Crippen LogP contribution is -2.11. The Morgan fingerprint density at radius 2 is 1.77 bits per heavy atom. The van der Waals surface area contributed by atoms with Crippen LogP contribution in [0.1, 0.15) is 42.6 Å². The summed E-state index contributed by atoms with van der Waals surface area (Å²) in [6.07, 6.45) is 0. The number of aromatic nitrogens is 1. The molecule has 5 nitrogen and oxygen atoms in total.